The van der Waals surface area contributed by atoms with Crippen molar-refractivity contribution in [1.82, 2.24) is 4.90 Å². The van der Waals surface area contributed by atoms with Gasteiger partial charge in [0.1, 0.15) is 4.90 Å². The zero-order valence-corrected chi connectivity index (χ0v) is 15.0. The number of nitro groups is 1. The average molecular weight is 372 g/mol. The van der Waals surface area contributed by atoms with Gasteiger partial charge in [-0.25, -0.2) is 8.42 Å². The molecular formula is C15H20N2O7S. The molecule has 0 spiro atoms. The number of sulfone groups is 1. The molecule has 0 aliphatic rings. The van der Waals surface area contributed by atoms with E-state index in [4.69, 9.17) is 4.74 Å². The van der Waals surface area contributed by atoms with Crippen molar-refractivity contribution in [3.8, 4) is 0 Å². The molecule has 1 atom stereocenters. The third kappa shape index (κ3) is 4.32. The van der Waals surface area contributed by atoms with Crippen LogP contribution in [0.4, 0.5) is 5.69 Å². The van der Waals surface area contributed by atoms with Gasteiger partial charge >= 0.3 is 5.97 Å². The fourth-order valence-electron chi connectivity index (χ4n) is 2.25. The topological polar surface area (TPSA) is 124 Å². The maximum absolute atomic E-state index is 12.9. The Morgan fingerprint density at radius 2 is 1.76 bits per heavy atom. The summed E-state index contributed by atoms with van der Waals surface area (Å²) in [6, 6.07) is 4.57. The third-order valence-electron chi connectivity index (χ3n) is 3.48. The maximum atomic E-state index is 12.9. The van der Waals surface area contributed by atoms with Gasteiger partial charge in [0.25, 0.3) is 11.6 Å². The van der Waals surface area contributed by atoms with Crippen LogP contribution in [0.5, 0.6) is 0 Å². The maximum Gasteiger partial charge on any atom is 0.334 e. The molecule has 1 aromatic rings. The van der Waals surface area contributed by atoms with E-state index in [9.17, 15) is 28.1 Å². The summed E-state index contributed by atoms with van der Waals surface area (Å²) in [6.45, 7) is 4.94. The molecule has 0 aromatic heterocycles. The van der Waals surface area contributed by atoms with Crippen LogP contribution in [0.2, 0.25) is 0 Å². The molecule has 1 unspecified atom stereocenters. The van der Waals surface area contributed by atoms with Gasteiger partial charge in [-0.15, -0.1) is 0 Å². The van der Waals surface area contributed by atoms with Crippen molar-refractivity contribution in [3.05, 3.63) is 34.4 Å². The van der Waals surface area contributed by atoms with Crippen LogP contribution in [0.15, 0.2) is 29.2 Å². The predicted octanol–water partition coefficient (Wildman–Crippen LogP) is 1.17. The predicted molar refractivity (Wildman–Crippen MR) is 88.6 cm³/mol. The van der Waals surface area contributed by atoms with E-state index in [2.05, 4.69) is 0 Å². The largest absolute Gasteiger partial charge is 0.465 e. The summed E-state index contributed by atoms with van der Waals surface area (Å²) in [6.07, 6.45) is 0. The van der Waals surface area contributed by atoms with Crippen molar-refractivity contribution < 1.29 is 27.7 Å². The Kier molecular flexibility index (Phi) is 7.04. The van der Waals surface area contributed by atoms with Crippen LogP contribution in [0.3, 0.4) is 0 Å². The minimum absolute atomic E-state index is 0.132. The lowest BCUT2D eigenvalue weighted by Crippen LogP contribution is -2.48. The van der Waals surface area contributed by atoms with E-state index in [-0.39, 0.29) is 19.7 Å². The van der Waals surface area contributed by atoms with Crippen LogP contribution in [-0.4, -0.2) is 55.1 Å². The second kappa shape index (κ2) is 8.56. The molecule has 1 aromatic carbocycles. The number of para-hydroxylation sites is 1. The highest BCUT2D eigenvalue weighted by molar-refractivity contribution is 7.93. The Balaban J connectivity index is 3.56. The van der Waals surface area contributed by atoms with Crippen LogP contribution in [-0.2, 0) is 24.2 Å². The summed E-state index contributed by atoms with van der Waals surface area (Å²) >= 11 is 0. The SMILES string of the molecule is CCOC(=O)C(C(=O)N(CC)CC)S(=O)(=O)c1ccccc1[N+](=O)[O-]. The highest BCUT2D eigenvalue weighted by atomic mass is 32.2. The van der Waals surface area contributed by atoms with Gasteiger partial charge in [-0.05, 0) is 26.8 Å². The minimum Gasteiger partial charge on any atom is -0.465 e. The number of hydrogen-bond acceptors (Lipinski definition) is 7. The zero-order valence-electron chi connectivity index (χ0n) is 14.2. The Hall–Kier alpha value is -2.49. The summed E-state index contributed by atoms with van der Waals surface area (Å²) in [5.41, 5.74) is -0.704. The van der Waals surface area contributed by atoms with Gasteiger partial charge in [-0.1, -0.05) is 12.1 Å². The zero-order chi connectivity index (χ0) is 19.2. The normalized spacial score (nSPS) is 12.3. The number of ether oxygens (including phenoxy) is 1. The fraction of sp³-hybridized carbons (Fsp3) is 0.467. The average Bonchev–Trinajstić information content (AvgIpc) is 2.56. The van der Waals surface area contributed by atoms with Crippen LogP contribution < -0.4 is 0 Å². The van der Waals surface area contributed by atoms with Crippen molar-refractivity contribution in [3.63, 3.8) is 0 Å². The van der Waals surface area contributed by atoms with Crippen molar-refractivity contribution in [2.75, 3.05) is 19.7 Å². The number of carbonyl (C=O) groups is 2. The number of amides is 1. The standard InChI is InChI=1S/C15H20N2O7S/c1-4-16(5-2)14(18)13(15(19)24-6-3)25(22,23)12-10-8-7-9-11(12)17(20)21/h7-10,13H,4-6H2,1-3H3. The lowest BCUT2D eigenvalue weighted by molar-refractivity contribution is -0.387. The molecular weight excluding hydrogens is 352 g/mol. The van der Waals surface area contributed by atoms with Crippen LogP contribution in [0.1, 0.15) is 20.8 Å². The van der Waals surface area contributed by atoms with Gasteiger partial charge in [0.2, 0.25) is 15.1 Å². The van der Waals surface area contributed by atoms with Crippen LogP contribution in [0.25, 0.3) is 0 Å². The fourth-order valence-corrected chi connectivity index (χ4v) is 3.95. The number of benzene rings is 1. The third-order valence-corrected chi connectivity index (χ3v) is 5.45. The quantitative estimate of drug-likeness (QED) is 0.290. The molecule has 0 bridgehead atoms. The van der Waals surface area contributed by atoms with Gasteiger partial charge in [0.15, 0.2) is 0 Å². The smallest absolute Gasteiger partial charge is 0.334 e. The molecule has 9 nitrogen and oxygen atoms in total. The van der Waals surface area contributed by atoms with Crippen LogP contribution >= 0.6 is 0 Å². The van der Waals surface area contributed by atoms with E-state index in [0.29, 0.717) is 0 Å². The van der Waals surface area contributed by atoms with Gasteiger partial charge in [0.05, 0.1) is 11.5 Å². The number of rotatable bonds is 8. The van der Waals surface area contributed by atoms with Crippen molar-refractivity contribution in [2.24, 2.45) is 0 Å². The van der Waals surface area contributed by atoms with E-state index in [0.717, 1.165) is 17.0 Å². The number of nitro benzene ring substituents is 1. The van der Waals surface area contributed by atoms with E-state index in [1.54, 1.807) is 13.8 Å². The molecule has 10 heteroatoms. The van der Waals surface area contributed by atoms with Crippen molar-refractivity contribution in [2.45, 2.75) is 30.9 Å². The molecule has 0 saturated heterocycles. The van der Waals surface area contributed by atoms with Crippen molar-refractivity contribution in [1.29, 1.82) is 0 Å². The summed E-state index contributed by atoms with van der Waals surface area (Å²) in [5.74, 6) is -2.22. The van der Waals surface area contributed by atoms with E-state index in [1.165, 1.54) is 19.1 Å². The lowest BCUT2D eigenvalue weighted by Gasteiger charge is -2.23. The first kappa shape index (κ1) is 20.6. The monoisotopic (exact) mass is 372 g/mol. The van der Waals surface area contributed by atoms with Crippen LogP contribution in [0, 0.1) is 10.1 Å². The number of nitrogens with zero attached hydrogens (tertiary/aromatic N) is 2. The summed E-state index contributed by atoms with van der Waals surface area (Å²) < 4.78 is 30.5. The molecule has 1 rings (SSSR count). The summed E-state index contributed by atoms with van der Waals surface area (Å²) in [4.78, 5) is 35.5. The van der Waals surface area contributed by atoms with E-state index >= 15 is 0 Å². The Labute approximate surface area is 145 Å². The summed E-state index contributed by atoms with van der Waals surface area (Å²) in [7, 11) is -4.67. The first-order valence-electron chi connectivity index (χ1n) is 7.65. The molecule has 0 aliphatic carbocycles. The molecule has 0 heterocycles. The first-order chi connectivity index (χ1) is 11.7. The Morgan fingerprint density at radius 3 is 2.24 bits per heavy atom. The van der Waals surface area contributed by atoms with Gasteiger partial charge in [-0.3, -0.25) is 19.7 Å². The van der Waals surface area contributed by atoms with Gasteiger partial charge in [-0.2, -0.15) is 0 Å². The highest BCUT2D eigenvalue weighted by Gasteiger charge is 2.45. The summed E-state index contributed by atoms with van der Waals surface area (Å²) in [5, 5.41) is 8.95. The molecule has 0 saturated carbocycles. The molecule has 1 amide bonds. The second-order valence-electron chi connectivity index (χ2n) is 4.91. The molecule has 0 aliphatic heterocycles. The molecule has 138 valence electrons. The first-order valence-corrected chi connectivity index (χ1v) is 9.19. The van der Waals surface area contributed by atoms with E-state index in [1.807, 2.05) is 0 Å². The Morgan fingerprint density at radius 1 is 1.20 bits per heavy atom. The van der Waals surface area contributed by atoms with Gasteiger partial charge in [0, 0.05) is 19.2 Å². The molecule has 0 N–H and O–H groups in total. The molecule has 25 heavy (non-hydrogen) atoms. The minimum atomic E-state index is -4.67. The number of carbonyl (C=O) groups excluding carboxylic acids is 2. The van der Waals surface area contributed by atoms with E-state index < -0.39 is 42.5 Å². The Bertz CT molecular complexity index is 757. The molecule has 0 fully saturated rings. The number of hydrogen-bond donors (Lipinski definition) is 0. The second-order valence-corrected chi connectivity index (χ2v) is 6.91. The lowest BCUT2D eigenvalue weighted by atomic mass is 10.3. The molecule has 0 radical (unpaired) electrons. The number of esters is 1. The highest BCUT2D eigenvalue weighted by Crippen LogP contribution is 2.28. The van der Waals surface area contributed by atoms with Gasteiger partial charge < -0.3 is 9.64 Å². The van der Waals surface area contributed by atoms with Crippen molar-refractivity contribution >= 4 is 27.4 Å².